The summed E-state index contributed by atoms with van der Waals surface area (Å²) in [4.78, 5) is 11.7. The number of methoxy groups -OCH3 is 1. The second-order valence-electron chi connectivity index (χ2n) is 6.07. The van der Waals surface area contributed by atoms with E-state index < -0.39 is 29.1 Å². The van der Waals surface area contributed by atoms with Gasteiger partial charge in [0.05, 0.1) is 12.8 Å². The van der Waals surface area contributed by atoms with Crippen molar-refractivity contribution in [2.24, 2.45) is 10.3 Å². The number of esters is 1. The lowest BCUT2D eigenvalue weighted by Gasteiger charge is -2.28. The molecule has 0 aromatic heterocycles. The fraction of sp³-hybridized carbons (Fsp3) is 0.562. The van der Waals surface area contributed by atoms with Gasteiger partial charge in [-0.05, 0) is 68.5 Å². The van der Waals surface area contributed by atoms with Crippen molar-refractivity contribution in [3.05, 3.63) is 27.3 Å². The van der Waals surface area contributed by atoms with Gasteiger partial charge in [-0.15, -0.1) is 5.11 Å². The number of nitrogens with zero attached hydrogens (tertiary/aromatic N) is 3. The van der Waals surface area contributed by atoms with Crippen LogP contribution in [0.2, 0.25) is 0 Å². The summed E-state index contributed by atoms with van der Waals surface area (Å²) >= 11 is 1.72. The highest BCUT2D eigenvalue weighted by Crippen LogP contribution is 2.47. The molecule has 0 radical (unpaired) electrons. The van der Waals surface area contributed by atoms with Crippen LogP contribution in [0.5, 0.6) is 0 Å². The number of alkyl halides is 4. The molecule has 1 atom stereocenters. The molecule has 146 valence electrons. The van der Waals surface area contributed by atoms with Crippen molar-refractivity contribution in [2.75, 3.05) is 7.11 Å². The summed E-state index contributed by atoms with van der Waals surface area (Å²) in [5, 5.41) is 9.27. The van der Waals surface area contributed by atoms with Crippen LogP contribution in [-0.2, 0) is 15.2 Å². The van der Waals surface area contributed by atoms with Crippen LogP contribution < -0.4 is 0 Å². The zero-order chi connectivity index (χ0) is 20.3. The Morgan fingerprint density at radius 3 is 2.12 bits per heavy atom. The first kappa shape index (κ1) is 22.6. The Morgan fingerprint density at radius 1 is 1.15 bits per heavy atom. The first-order valence-corrected chi connectivity index (χ1v) is 8.78. The molecule has 0 N–H and O–H groups in total. The maximum Gasteiger partial charge on any atom is 0.438 e. The molecule has 0 aliphatic carbocycles. The van der Waals surface area contributed by atoms with Crippen LogP contribution in [0.4, 0.5) is 23.2 Å². The SMILES string of the molecule is COC(=O)C(F)(c1cc(I)ccc1N=NN(C(C)C)C(C)C)C(F)(F)F. The van der Waals surface area contributed by atoms with Gasteiger partial charge in [0.15, 0.2) is 0 Å². The van der Waals surface area contributed by atoms with Crippen molar-refractivity contribution in [3.63, 3.8) is 0 Å². The lowest BCUT2D eigenvalue weighted by molar-refractivity contribution is -0.242. The molecular formula is C16H20F4IN3O2. The van der Waals surface area contributed by atoms with E-state index in [0.29, 0.717) is 10.7 Å². The summed E-state index contributed by atoms with van der Waals surface area (Å²) in [6.07, 6.45) is -5.52. The number of carbonyl (C=O) groups excluding carboxylic acids is 1. The maximum atomic E-state index is 15.0. The summed E-state index contributed by atoms with van der Waals surface area (Å²) in [5.41, 5.74) is -5.71. The van der Waals surface area contributed by atoms with Crippen LogP contribution in [0.1, 0.15) is 33.3 Å². The van der Waals surface area contributed by atoms with Crippen molar-refractivity contribution in [1.82, 2.24) is 5.01 Å². The van der Waals surface area contributed by atoms with E-state index in [1.54, 1.807) is 27.6 Å². The van der Waals surface area contributed by atoms with E-state index in [2.05, 4.69) is 15.1 Å². The molecule has 0 saturated carbocycles. The Labute approximate surface area is 162 Å². The van der Waals surface area contributed by atoms with Crippen LogP contribution in [0.3, 0.4) is 0 Å². The largest absolute Gasteiger partial charge is 0.466 e. The van der Waals surface area contributed by atoms with Crippen LogP contribution >= 0.6 is 22.6 Å². The number of ether oxygens (including phenoxy) is 1. The van der Waals surface area contributed by atoms with Crippen LogP contribution in [0.15, 0.2) is 28.5 Å². The lowest BCUT2D eigenvalue weighted by Crippen LogP contribution is -2.46. The third-order valence-electron chi connectivity index (χ3n) is 3.50. The molecule has 1 aromatic rings. The van der Waals surface area contributed by atoms with Gasteiger partial charge >= 0.3 is 17.8 Å². The summed E-state index contributed by atoms with van der Waals surface area (Å²) in [7, 11) is 0.691. The average molecular weight is 489 g/mol. The van der Waals surface area contributed by atoms with E-state index >= 15 is 0 Å². The number of hydrogen-bond donors (Lipinski definition) is 0. The molecule has 5 nitrogen and oxygen atoms in total. The standard InChI is InChI=1S/C16H20F4IN3O2/c1-9(2)24(10(3)4)23-22-13-7-6-11(21)8-12(13)15(17,14(25)26-5)16(18,19)20/h6-10H,1-5H3. The van der Waals surface area contributed by atoms with Gasteiger partial charge in [0, 0.05) is 21.2 Å². The smallest absolute Gasteiger partial charge is 0.438 e. The monoisotopic (exact) mass is 489 g/mol. The molecule has 0 bridgehead atoms. The minimum absolute atomic E-state index is 0.0793. The second-order valence-corrected chi connectivity index (χ2v) is 7.31. The quantitative estimate of drug-likeness (QED) is 0.179. The maximum absolute atomic E-state index is 15.0. The van der Waals surface area contributed by atoms with Gasteiger partial charge in [-0.1, -0.05) is 5.22 Å². The molecule has 0 spiro atoms. The van der Waals surface area contributed by atoms with E-state index in [9.17, 15) is 22.4 Å². The molecule has 0 heterocycles. The molecule has 1 rings (SSSR count). The van der Waals surface area contributed by atoms with E-state index in [0.717, 1.165) is 6.07 Å². The highest BCUT2D eigenvalue weighted by Gasteiger charge is 2.65. The number of halogens is 5. The van der Waals surface area contributed by atoms with Crippen molar-refractivity contribution < 1.29 is 27.1 Å². The highest BCUT2D eigenvalue weighted by atomic mass is 127. The zero-order valence-corrected chi connectivity index (χ0v) is 17.1. The number of rotatable bonds is 6. The Morgan fingerprint density at radius 2 is 1.69 bits per heavy atom. The van der Waals surface area contributed by atoms with E-state index in [-0.39, 0.29) is 12.1 Å². The lowest BCUT2D eigenvalue weighted by atomic mass is 9.93. The molecular weight excluding hydrogens is 469 g/mol. The Kier molecular flexibility index (Phi) is 7.37. The van der Waals surface area contributed by atoms with Crippen molar-refractivity contribution in [1.29, 1.82) is 0 Å². The zero-order valence-electron chi connectivity index (χ0n) is 14.9. The Bertz CT molecular complexity index is 672. The molecule has 1 unspecified atom stereocenters. The Balaban J connectivity index is 3.58. The molecule has 0 fully saturated rings. The van der Waals surface area contributed by atoms with Gasteiger partial charge in [0.1, 0.15) is 0 Å². The second kappa shape index (κ2) is 8.49. The van der Waals surface area contributed by atoms with E-state index in [1.165, 1.54) is 12.1 Å². The van der Waals surface area contributed by atoms with Crippen molar-refractivity contribution in [3.8, 4) is 0 Å². The molecule has 10 heteroatoms. The predicted octanol–water partition coefficient (Wildman–Crippen LogP) is 5.31. The molecule has 0 aliphatic rings. The molecule has 0 amide bonds. The molecule has 1 aromatic carbocycles. The Hall–Kier alpha value is -1.46. The minimum Gasteiger partial charge on any atom is -0.466 e. The van der Waals surface area contributed by atoms with Gasteiger partial charge in [-0.25, -0.2) is 9.18 Å². The van der Waals surface area contributed by atoms with Crippen LogP contribution in [-0.4, -0.2) is 36.3 Å². The summed E-state index contributed by atoms with van der Waals surface area (Å²) < 4.78 is 59.7. The summed E-state index contributed by atoms with van der Waals surface area (Å²) in [6, 6.07) is 3.38. The highest BCUT2D eigenvalue weighted by molar-refractivity contribution is 14.1. The predicted molar refractivity (Wildman–Crippen MR) is 96.6 cm³/mol. The van der Waals surface area contributed by atoms with Gasteiger partial charge in [0.2, 0.25) is 0 Å². The van der Waals surface area contributed by atoms with Crippen molar-refractivity contribution in [2.45, 2.75) is 51.6 Å². The van der Waals surface area contributed by atoms with Gasteiger partial charge in [-0.2, -0.15) is 13.2 Å². The van der Waals surface area contributed by atoms with Gasteiger partial charge in [0.25, 0.3) is 0 Å². The minimum atomic E-state index is -5.52. The first-order chi connectivity index (χ1) is 11.9. The summed E-state index contributed by atoms with van der Waals surface area (Å²) in [6.45, 7) is 7.32. The summed E-state index contributed by atoms with van der Waals surface area (Å²) in [5.74, 6) is -2.06. The normalized spacial score (nSPS) is 14.8. The number of carbonyl (C=O) groups is 1. The van der Waals surface area contributed by atoms with E-state index in [4.69, 9.17) is 0 Å². The van der Waals surface area contributed by atoms with Crippen molar-refractivity contribution >= 4 is 34.2 Å². The molecule has 0 aliphatic heterocycles. The third kappa shape index (κ3) is 4.63. The molecule has 0 saturated heterocycles. The van der Waals surface area contributed by atoms with Gasteiger partial charge < -0.3 is 4.74 Å². The first-order valence-electron chi connectivity index (χ1n) is 7.70. The fourth-order valence-corrected chi connectivity index (χ4v) is 2.78. The average Bonchev–Trinajstić information content (AvgIpc) is 2.52. The third-order valence-corrected chi connectivity index (χ3v) is 4.17. The van der Waals surface area contributed by atoms with E-state index in [1.807, 2.05) is 27.7 Å². The van der Waals surface area contributed by atoms with Crippen LogP contribution in [0.25, 0.3) is 0 Å². The number of benzene rings is 1. The number of hydrogen-bond acceptors (Lipinski definition) is 4. The van der Waals surface area contributed by atoms with Crippen LogP contribution in [0, 0.1) is 3.57 Å². The molecule has 26 heavy (non-hydrogen) atoms. The van der Waals surface area contributed by atoms with Gasteiger partial charge in [-0.3, -0.25) is 5.01 Å². The topological polar surface area (TPSA) is 54.3 Å². The fourth-order valence-electron chi connectivity index (χ4n) is 2.29.